The van der Waals surface area contributed by atoms with Crippen molar-refractivity contribution in [2.75, 3.05) is 0 Å². The van der Waals surface area contributed by atoms with Gasteiger partial charge in [0.1, 0.15) is 0 Å². The second kappa shape index (κ2) is 4.53. The van der Waals surface area contributed by atoms with Gasteiger partial charge in [0.2, 0.25) is 0 Å². The van der Waals surface area contributed by atoms with Gasteiger partial charge in [-0.05, 0) is 37.0 Å². The fourth-order valence-corrected chi connectivity index (χ4v) is 2.37. The topological polar surface area (TPSA) is 32.9 Å². The number of halogens is 1. The minimum atomic E-state index is 0.0417. The Hall–Kier alpha value is -1.28. The summed E-state index contributed by atoms with van der Waals surface area (Å²) in [6.07, 6.45) is 0.857. The van der Waals surface area contributed by atoms with Crippen molar-refractivity contribution in [3.63, 3.8) is 0 Å². The average molecular weight is 250 g/mol. The molecule has 90 valence electrons. The number of aromatic amines is 1. The van der Waals surface area contributed by atoms with E-state index >= 15 is 0 Å². The number of aromatic nitrogens is 1. The van der Waals surface area contributed by atoms with Gasteiger partial charge in [-0.1, -0.05) is 25.4 Å². The number of aryl methyl sites for hydroxylation is 1. The highest BCUT2D eigenvalue weighted by Gasteiger charge is 2.07. The van der Waals surface area contributed by atoms with E-state index in [0.29, 0.717) is 16.3 Å². The lowest BCUT2D eigenvalue weighted by molar-refractivity contribution is 0.636. The van der Waals surface area contributed by atoms with Crippen molar-refractivity contribution in [3.05, 3.63) is 44.7 Å². The van der Waals surface area contributed by atoms with Crippen LogP contribution in [0.25, 0.3) is 10.9 Å². The minimum Gasteiger partial charge on any atom is -0.357 e. The first-order chi connectivity index (χ1) is 7.97. The van der Waals surface area contributed by atoms with E-state index < -0.39 is 0 Å². The van der Waals surface area contributed by atoms with Crippen molar-refractivity contribution in [3.8, 4) is 0 Å². The molecule has 2 rings (SSSR count). The molecule has 0 fully saturated rings. The van der Waals surface area contributed by atoms with Crippen molar-refractivity contribution in [2.24, 2.45) is 5.92 Å². The van der Waals surface area contributed by atoms with Crippen LogP contribution in [0.2, 0.25) is 5.02 Å². The largest absolute Gasteiger partial charge is 0.357 e. The third kappa shape index (κ3) is 2.52. The van der Waals surface area contributed by atoms with E-state index in [-0.39, 0.29) is 5.43 Å². The molecular formula is C14H16ClNO. The zero-order valence-electron chi connectivity index (χ0n) is 10.3. The van der Waals surface area contributed by atoms with Crippen LogP contribution in [0, 0.1) is 12.8 Å². The molecule has 0 radical (unpaired) electrons. The van der Waals surface area contributed by atoms with E-state index in [1.807, 2.05) is 19.1 Å². The van der Waals surface area contributed by atoms with Crippen molar-refractivity contribution >= 4 is 22.5 Å². The van der Waals surface area contributed by atoms with Crippen LogP contribution >= 0.6 is 11.6 Å². The highest BCUT2D eigenvalue weighted by Crippen LogP contribution is 2.22. The van der Waals surface area contributed by atoms with Crippen LogP contribution in [0.5, 0.6) is 0 Å². The number of benzene rings is 1. The number of fused-ring (bicyclic) bond motifs is 1. The lowest BCUT2D eigenvalue weighted by Gasteiger charge is -2.08. The van der Waals surface area contributed by atoms with Gasteiger partial charge in [0.15, 0.2) is 5.43 Å². The quantitative estimate of drug-likeness (QED) is 0.865. The van der Waals surface area contributed by atoms with E-state index in [4.69, 9.17) is 11.6 Å². The molecule has 1 aromatic carbocycles. The Kier molecular flexibility index (Phi) is 3.25. The summed E-state index contributed by atoms with van der Waals surface area (Å²) in [5, 5.41) is 1.28. The highest BCUT2D eigenvalue weighted by molar-refractivity contribution is 6.35. The predicted octanol–water partition coefficient (Wildman–Crippen LogP) is 3.69. The van der Waals surface area contributed by atoms with Crippen LogP contribution in [-0.4, -0.2) is 4.98 Å². The van der Waals surface area contributed by atoms with Crippen LogP contribution in [0.3, 0.4) is 0 Å². The van der Waals surface area contributed by atoms with Crippen LogP contribution in [0.1, 0.15) is 25.1 Å². The number of hydrogen-bond donors (Lipinski definition) is 1. The van der Waals surface area contributed by atoms with E-state index in [1.165, 1.54) is 0 Å². The Morgan fingerprint density at radius 3 is 2.65 bits per heavy atom. The van der Waals surface area contributed by atoms with Crippen molar-refractivity contribution in [1.29, 1.82) is 0 Å². The molecule has 0 spiro atoms. The van der Waals surface area contributed by atoms with Gasteiger partial charge in [-0.25, -0.2) is 0 Å². The smallest absolute Gasteiger partial charge is 0.189 e. The SMILES string of the molecule is Cc1cc(Cl)c2[nH]c(CC(C)C)cc(=O)c2c1. The van der Waals surface area contributed by atoms with Gasteiger partial charge < -0.3 is 4.98 Å². The second-order valence-corrected chi connectivity index (χ2v) is 5.33. The first-order valence-electron chi connectivity index (χ1n) is 5.79. The van der Waals surface area contributed by atoms with Crippen molar-refractivity contribution in [1.82, 2.24) is 4.98 Å². The number of pyridine rings is 1. The summed E-state index contributed by atoms with van der Waals surface area (Å²) in [5.74, 6) is 0.507. The van der Waals surface area contributed by atoms with E-state index in [1.54, 1.807) is 6.07 Å². The van der Waals surface area contributed by atoms with Crippen LogP contribution < -0.4 is 5.43 Å². The molecule has 0 aliphatic carbocycles. The Balaban J connectivity index is 2.69. The van der Waals surface area contributed by atoms with Crippen molar-refractivity contribution in [2.45, 2.75) is 27.2 Å². The maximum absolute atomic E-state index is 12.0. The summed E-state index contributed by atoms with van der Waals surface area (Å²) in [5.41, 5.74) is 2.74. The molecule has 1 heterocycles. The third-order valence-corrected chi connectivity index (χ3v) is 3.02. The summed E-state index contributed by atoms with van der Waals surface area (Å²) in [6.45, 7) is 6.19. The monoisotopic (exact) mass is 249 g/mol. The molecule has 0 aliphatic rings. The number of nitrogens with one attached hydrogen (secondary N) is 1. The summed E-state index contributed by atoms with van der Waals surface area (Å²) in [7, 11) is 0. The third-order valence-electron chi connectivity index (χ3n) is 2.72. The molecule has 3 heteroatoms. The van der Waals surface area contributed by atoms with Crippen LogP contribution in [0.15, 0.2) is 23.0 Å². The first kappa shape index (κ1) is 12.2. The fraction of sp³-hybridized carbons (Fsp3) is 0.357. The van der Waals surface area contributed by atoms with Gasteiger partial charge in [0, 0.05) is 17.1 Å². The normalized spacial score (nSPS) is 11.4. The zero-order chi connectivity index (χ0) is 12.6. The molecule has 0 atom stereocenters. The van der Waals surface area contributed by atoms with E-state index in [2.05, 4.69) is 18.8 Å². The Labute approximate surface area is 106 Å². The number of hydrogen-bond acceptors (Lipinski definition) is 1. The maximum Gasteiger partial charge on any atom is 0.189 e. The lowest BCUT2D eigenvalue weighted by atomic mass is 10.1. The highest BCUT2D eigenvalue weighted by atomic mass is 35.5. The number of rotatable bonds is 2. The van der Waals surface area contributed by atoms with Crippen molar-refractivity contribution < 1.29 is 0 Å². The molecule has 1 aromatic heterocycles. The van der Waals surface area contributed by atoms with Crippen LogP contribution in [-0.2, 0) is 6.42 Å². The molecular weight excluding hydrogens is 234 g/mol. The molecule has 17 heavy (non-hydrogen) atoms. The van der Waals surface area contributed by atoms with E-state index in [0.717, 1.165) is 23.2 Å². The standard InChI is InChI=1S/C14H16ClNO/c1-8(2)4-10-7-13(17)11-5-9(3)6-12(15)14(11)16-10/h5-8H,4H2,1-3H3,(H,16,17). The molecule has 0 bridgehead atoms. The molecule has 2 aromatic rings. The van der Waals surface area contributed by atoms with Gasteiger partial charge in [-0.2, -0.15) is 0 Å². The van der Waals surface area contributed by atoms with E-state index in [9.17, 15) is 4.79 Å². The Bertz CT molecular complexity index is 613. The summed E-state index contributed by atoms with van der Waals surface area (Å²) in [6, 6.07) is 5.43. The first-order valence-corrected chi connectivity index (χ1v) is 6.17. The Morgan fingerprint density at radius 2 is 2.00 bits per heavy atom. The predicted molar refractivity (Wildman–Crippen MR) is 72.9 cm³/mol. The molecule has 0 saturated heterocycles. The fourth-order valence-electron chi connectivity index (χ4n) is 2.05. The van der Waals surface area contributed by atoms with Gasteiger partial charge >= 0.3 is 0 Å². The van der Waals surface area contributed by atoms with Gasteiger partial charge in [-0.15, -0.1) is 0 Å². The number of H-pyrrole nitrogens is 1. The summed E-state index contributed by atoms with van der Waals surface area (Å²) >= 11 is 6.17. The minimum absolute atomic E-state index is 0.0417. The van der Waals surface area contributed by atoms with Crippen LogP contribution in [0.4, 0.5) is 0 Å². The molecule has 0 saturated carbocycles. The molecule has 0 unspecified atom stereocenters. The molecule has 2 nitrogen and oxygen atoms in total. The van der Waals surface area contributed by atoms with Gasteiger partial charge in [0.05, 0.1) is 10.5 Å². The average Bonchev–Trinajstić information content (AvgIpc) is 2.19. The maximum atomic E-state index is 12.0. The molecule has 0 aliphatic heterocycles. The molecule has 0 amide bonds. The second-order valence-electron chi connectivity index (χ2n) is 4.93. The summed E-state index contributed by atoms with van der Waals surface area (Å²) in [4.78, 5) is 15.3. The van der Waals surface area contributed by atoms with Gasteiger partial charge in [0.25, 0.3) is 0 Å². The zero-order valence-corrected chi connectivity index (χ0v) is 11.1. The lowest BCUT2D eigenvalue weighted by Crippen LogP contribution is -2.07. The summed E-state index contributed by atoms with van der Waals surface area (Å²) < 4.78 is 0. The Morgan fingerprint density at radius 1 is 1.29 bits per heavy atom. The molecule has 1 N–H and O–H groups in total. The van der Waals surface area contributed by atoms with Gasteiger partial charge in [-0.3, -0.25) is 4.79 Å².